The first-order valence-corrected chi connectivity index (χ1v) is 12.4. The van der Waals surface area contributed by atoms with Crippen LogP contribution >= 0.6 is 12.0 Å². The monoisotopic (exact) mass is 450 g/mol. The first-order valence-electron chi connectivity index (χ1n) is 11.6. The van der Waals surface area contributed by atoms with Gasteiger partial charge in [0.05, 0.1) is 31.7 Å². The van der Waals surface area contributed by atoms with Crippen LogP contribution in [0.15, 0.2) is 0 Å². The Morgan fingerprint density at radius 2 is 1.20 bits per heavy atom. The van der Waals surface area contributed by atoms with E-state index >= 15 is 0 Å². The van der Waals surface area contributed by atoms with Crippen molar-refractivity contribution >= 4 is 24.0 Å². The lowest BCUT2D eigenvalue weighted by molar-refractivity contribution is -0.432. The van der Waals surface area contributed by atoms with Crippen molar-refractivity contribution in [3.8, 4) is 0 Å². The van der Waals surface area contributed by atoms with Gasteiger partial charge in [-0.15, -0.1) is 4.33 Å². The average Bonchev–Trinajstić information content (AvgIpc) is 2.74. The predicted octanol–water partition coefficient (Wildman–Crippen LogP) is 6.40. The van der Waals surface area contributed by atoms with Crippen molar-refractivity contribution in [3.05, 3.63) is 0 Å². The maximum atomic E-state index is 12.2. The van der Waals surface area contributed by atoms with Gasteiger partial charge in [-0.25, -0.2) is 5.26 Å². The fourth-order valence-electron chi connectivity index (χ4n) is 3.00. The van der Waals surface area contributed by atoms with Gasteiger partial charge in [-0.1, -0.05) is 95.9 Å². The van der Waals surface area contributed by atoms with Crippen LogP contribution in [0.25, 0.3) is 0 Å². The van der Waals surface area contributed by atoms with Crippen LogP contribution in [-0.4, -0.2) is 35.7 Å². The topological polar surface area (TPSA) is 91.3 Å². The fourth-order valence-corrected chi connectivity index (χ4v) is 3.48. The van der Waals surface area contributed by atoms with Crippen molar-refractivity contribution in [2.75, 3.05) is 13.2 Å². The molecule has 0 spiro atoms. The highest BCUT2D eigenvalue weighted by molar-refractivity contribution is 7.95. The van der Waals surface area contributed by atoms with Crippen molar-refractivity contribution in [1.82, 2.24) is 0 Å². The SMILES string of the molecule is CCCCCCCCCCCCOC(=O)C(CC(=O)OCCCCCC)SOOO. The van der Waals surface area contributed by atoms with E-state index in [1.807, 2.05) is 0 Å². The Bertz CT molecular complexity index is 407. The predicted molar refractivity (Wildman–Crippen MR) is 119 cm³/mol. The van der Waals surface area contributed by atoms with Crippen molar-refractivity contribution in [3.63, 3.8) is 0 Å². The van der Waals surface area contributed by atoms with Crippen LogP contribution in [0.4, 0.5) is 0 Å². The van der Waals surface area contributed by atoms with Crippen LogP contribution in [0.3, 0.4) is 0 Å². The lowest BCUT2D eigenvalue weighted by Gasteiger charge is -2.13. The van der Waals surface area contributed by atoms with Crippen LogP contribution in [0.5, 0.6) is 0 Å². The molecule has 0 aromatic rings. The standard InChI is InChI=1S/C22H42O7S/c1-3-5-7-9-10-11-12-13-14-16-18-27-22(24)20(30-29-28-25)19-21(23)26-17-15-8-6-4-2/h20,25H,3-19H2,1-2H3. The molecule has 0 aliphatic carbocycles. The lowest BCUT2D eigenvalue weighted by atomic mass is 10.1. The molecule has 0 bridgehead atoms. The zero-order valence-electron chi connectivity index (χ0n) is 18.9. The number of hydrogen-bond donors (Lipinski definition) is 1. The van der Waals surface area contributed by atoms with Gasteiger partial charge in [0, 0.05) is 0 Å². The number of ether oxygens (including phenoxy) is 2. The van der Waals surface area contributed by atoms with Gasteiger partial charge in [0.2, 0.25) is 0 Å². The third-order valence-electron chi connectivity index (χ3n) is 4.80. The Balaban J connectivity index is 3.88. The smallest absolute Gasteiger partial charge is 0.322 e. The molecule has 1 N–H and O–H groups in total. The molecule has 8 heteroatoms. The summed E-state index contributed by atoms with van der Waals surface area (Å²) in [5.74, 6) is -1.07. The van der Waals surface area contributed by atoms with Gasteiger partial charge in [-0.05, 0) is 12.8 Å². The van der Waals surface area contributed by atoms with Gasteiger partial charge in [-0.3, -0.25) is 9.59 Å². The van der Waals surface area contributed by atoms with Crippen LogP contribution in [0.2, 0.25) is 0 Å². The van der Waals surface area contributed by atoms with Crippen LogP contribution < -0.4 is 0 Å². The van der Waals surface area contributed by atoms with E-state index in [2.05, 4.69) is 23.2 Å². The van der Waals surface area contributed by atoms with Crippen molar-refractivity contribution < 1.29 is 33.7 Å². The van der Waals surface area contributed by atoms with E-state index in [0.29, 0.717) is 25.3 Å². The number of hydrogen-bond acceptors (Lipinski definition) is 8. The summed E-state index contributed by atoms with van der Waals surface area (Å²) in [6, 6.07) is 0. The minimum absolute atomic E-state index is 0.196. The number of esters is 2. The van der Waals surface area contributed by atoms with Crippen molar-refractivity contribution in [2.45, 2.75) is 115 Å². The second kappa shape index (κ2) is 22.8. The van der Waals surface area contributed by atoms with Gasteiger partial charge in [0.15, 0.2) is 0 Å². The molecular weight excluding hydrogens is 408 g/mol. The molecule has 0 rings (SSSR count). The normalized spacial score (nSPS) is 12.0. The minimum Gasteiger partial charge on any atom is -0.466 e. The highest BCUT2D eigenvalue weighted by atomic mass is 32.2. The van der Waals surface area contributed by atoms with Gasteiger partial charge in [-0.2, -0.15) is 0 Å². The Kier molecular flexibility index (Phi) is 22.2. The number of carbonyl (C=O) groups is 2. The Morgan fingerprint density at radius 1 is 0.733 bits per heavy atom. The maximum absolute atomic E-state index is 12.2. The summed E-state index contributed by atoms with van der Waals surface area (Å²) in [7, 11) is 0. The average molecular weight is 451 g/mol. The molecule has 30 heavy (non-hydrogen) atoms. The van der Waals surface area contributed by atoms with E-state index < -0.39 is 17.2 Å². The molecule has 7 nitrogen and oxygen atoms in total. The first-order chi connectivity index (χ1) is 14.7. The van der Waals surface area contributed by atoms with Gasteiger partial charge >= 0.3 is 11.9 Å². The molecule has 178 valence electrons. The molecule has 0 aliphatic rings. The van der Waals surface area contributed by atoms with Crippen LogP contribution in [0.1, 0.15) is 110 Å². The molecule has 0 heterocycles. The van der Waals surface area contributed by atoms with Crippen LogP contribution in [0, 0.1) is 0 Å². The van der Waals surface area contributed by atoms with E-state index in [4.69, 9.17) is 14.7 Å². The molecule has 0 aromatic heterocycles. The molecule has 0 radical (unpaired) electrons. The molecule has 1 atom stereocenters. The minimum atomic E-state index is -0.941. The summed E-state index contributed by atoms with van der Waals surface area (Å²) in [5, 5.41) is 10.9. The Hall–Kier alpha value is -0.830. The van der Waals surface area contributed by atoms with Gasteiger partial charge in [0.1, 0.15) is 5.25 Å². The summed E-state index contributed by atoms with van der Waals surface area (Å²) >= 11 is 0.541. The van der Waals surface area contributed by atoms with E-state index in [-0.39, 0.29) is 6.42 Å². The van der Waals surface area contributed by atoms with E-state index in [9.17, 15) is 9.59 Å². The summed E-state index contributed by atoms with van der Waals surface area (Å²) in [4.78, 5) is 24.1. The van der Waals surface area contributed by atoms with Gasteiger partial charge in [0.25, 0.3) is 0 Å². The Labute approximate surface area is 186 Å². The molecule has 0 fully saturated rings. The largest absolute Gasteiger partial charge is 0.466 e. The molecular formula is C22H42O7S. The lowest BCUT2D eigenvalue weighted by Crippen LogP contribution is -2.25. The van der Waals surface area contributed by atoms with Crippen molar-refractivity contribution in [1.29, 1.82) is 0 Å². The molecule has 1 unspecified atom stereocenters. The number of unbranched alkanes of at least 4 members (excludes halogenated alkanes) is 12. The molecule has 0 saturated heterocycles. The van der Waals surface area contributed by atoms with E-state index in [0.717, 1.165) is 44.9 Å². The zero-order valence-corrected chi connectivity index (χ0v) is 19.7. The third kappa shape index (κ3) is 19.2. The van der Waals surface area contributed by atoms with Crippen molar-refractivity contribution in [2.24, 2.45) is 0 Å². The number of carbonyl (C=O) groups excluding carboxylic acids is 2. The van der Waals surface area contributed by atoms with Crippen LogP contribution in [-0.2, 0) is 28.4 Å². The zero-order chi connectivity index (χ0) is 22.3. The maximum Gasteiger partial charge on any atom is 0.322 e. The van der Waals surface area contributed by atoms with Gasteiger partial charge < -0.3 is 9.47 Å². The highest BCUT2D eigenvalue weighted by Crippen LogP contribution is 2.19. The molecule has 0 aliphatic heterocycles. The fraction of sp³-hybridized carbons (Fsp3) is 0.909. The summed E-state index contributed by atoms with van der Waals surface area (Å²) in [6.45, 7) is 4.97. The summed E-state index contributed by atoms with van der Waals surface area (Å²) in [5.41, 5.74) is 0. The summed E-state index contributed by atoms with van der Waals surface area (Å²) in [6.07, 6.45) is 15.8. The molecule has 0 saturated carbocycles. The Morgan fingerprint density at radius 3 is 1.73 bits per heavy atom. The molecule has 0 aromatic carbocycles. The first kappa shape index (κ1) is 29.2. The highest BCUT2D eigenvalue weighted by Gasteiger charge is 2.26. The second-order valence-corrected chi connectivity index (χ2v) is 8.46. The second-order valence-electron chi connectivity index (χ2n) is 7.56. The van der Waals surface area contributed by atoms with E-state index in [1.54, 1.807) is 0 Å². The third-order valence-corrected chi connectivity index (χ3v) is 5.53. The summed E-state index contributed by atoms with van der Waals surface area (Å²) < 4.78 is 14.7. The van der Waals surface area contributed by atoms with E-state index in [1.165, 1.54) is 44.9 Å². The quantitative estimate of drug-likeness (QED) is 0.0666. The molecule has 0 amide bonds. The number of rotatable bonds is 22.